The summed E-state index contributed by atoms with van der Waals surface area (Å²) < 4.78 is 0. The maximum absolute atomic E-state index is 13.4. The van der Waals surface area contributed by atoms with Crippen molar-refractivity contribution < 1.29 is 4.79 Å². The smallest absolute Gasteiger partial charge is 0.201 e. The number of hydrogen-bond acceptors (Lipinski definition) is 1. The molecule has 0 fully saturated rings. The molecular weight excluding hydrogens is 352 g/mol. The molecule has 0 atom stereocenters. The molecule has 4 aromatic rings. The van der Waals surface area contributed by atoms with Gasteiger partial charge in [-0.2, -0.15) is 0 Å². The van der Waals surface area contributed by atoms with Crippen LogP contribution in [0.3, 0.4) is 0 Å². The Balaban J connectivity index is 2.02. The summed E-state index contributed by atoms with van der Waals surface area (Å²) in [6.07, 6.45) is 0. The number of ketones is 1. The van der Waals surface area contributed by atoms with Crippen molar-refractivity contribution in [1.82, 2.24) is 0 Å². The molecule has 0 bridgehead atoms. The van der Waals surface area contributed by atoms with Crippen molar-refractivity contribution in [3.63, 3.8) is 0 Å². The number of carbonyl (C=O) groups excluding carboxylic acids is 1. The van der Waals surface area contributed by atoms with Crippen molar-refractivity contribution in [3.05, 3.63) is 149 Å². The quantitative estimate of drug-likeness (QED) is 0.217. The molecule has 138 valence electrons. The van der Waals surface area contributed by atoms with Gasteiger partial charge in [-0.3, -0.25) is 4.79 Å². The lowest BCUT2D eigenvalue weighted by molar-refractivity contribution is 0.105. The molecule has 0 radical (unpaired) electrons. The molecule has 0 heterocycles. The second-order valence-corrected chi connectivity index (χ2v) is 6.67. The minimum atomic E-state index is -0.0406. The molecule has 4 rings (SSSR count). The molecule has 0 aromatic heterocycles. The first kappa shape index (κ1) is 18.4. The van der Waals surface area contributed by atoms with Crippen LogP contribution in [0, 0.1) is 0 Å². The second-order valence-electron chi connectivity index (χ2n) is 6.67. The van der Waals surface area contributed by atoms with Crippen LogP contribution in [0.2, 0.25) is 0 Å². The molecule has 0 N–H and O–H groups in total. The molecular formula is C28H20O. The number of rotatable bonds is 5. The molecule has 1 nitrogen and oxygen atoms in total. The van der Waals surface area contributed by atoms with E-state index in [4.69, 9.17) is 0 Å². The highest BCUT2D eigenvalue weighted by Gasteiger charge is 2.15. The third-order valence-electron chi connectivity index (χ3n) is 4.70. The zero-order valence-electron chi connectivity index (χ0n) is 16.0. The summed E-state index contributed by atoms with van der Waals surface area (Å²) in [5.74, 6) is -0.0406. The molecule has 0 aliphatic rings. The van der Waals surface area contributed by atoms with E-state index in [9.17, 15) is 4.79 Å². The Morgan fingerprint density at radius 3 is 1.21 bits per heavy atom. The largest absolute Gasteiger partial charge is 0.288 e. The van der Waals surface area contributed by atoms with Crippen LogP contribution in [0.15, 0.2) is 127 Å². The van der Waals surface area contributed by atoms with Gasteiger partial charge in [-0.1, -0.05) is 127 Å². The predicted molar refractivity (Wildman–Crippen MR) is 120 cm³/mol. The summed E-state index contributed by atoms with van der Waals surface area (Å²) in [7, 11) is 0. The maximum atomic E-state index is 13.4. The highest BCUT2D eigenvalue weighted by atomic mass is 16.1. The second kappa shape index (κ2) is 8.84. The van der Waals surface area contributed by atoms with Gasteiger partial charge in [0.1, 0.15) is 0 Å². The van der Waals surface area contributed by atoms with E-state index in [1.807, 2.05) is 121 Å². The average Bonchev–Trinajstić information content (AvgIpc) is 2.82. The van der Waals surface area contributed by atoms with E-state index in [0.717, 1.165) is 22.3 Å². The number of Topliss-reactive ketones (excluding diaryl/α,β-unsaturated/α-hetero) is 1. The van der Waals surface area contributed by atoms with E-state index in [0.29, 0.717) is 11.1 Å². The van der Waals surface area contributed by atoms with Gasteiger partial charge in [-0.15, -0.1) is 0 Å². The van der Waals surface area contributed by atoms with Crippen molar-refractivity contribution in [3.8, 4) is 0 Å². The van der Waals surface area contributed by atoms with E-state index >= 15 is 0 Å². The Bertz CT molecular complexity index is 1110. The minimum absolute atomic E-state index is 0.0406. The van der Waals surface area contributed by atoms with Gasteiger partial charge >= 0.3 is 0 Å². The molecule has 29 heavy (non-hydrogen) atoms. The Morgan fingerprint density at radius 1 is 0.448 bits per heavy atom. The predicted octanol–water partition coefficient (Wildman–Crippen LogP) is 6.68. The average molecular weight is 372 g/mol. The molecule has 0 aliphatic heterocycles. The Kier molecular flexibility index (Phi) is 5.62. The van der Waals surface area contributed by atoms with Crippen LogP contribution < -0.4 is 0 Å². The van der Waals surface area contributed by atoms with Crippen LogP contribution in [0.4, 0.5) is 0 Å². The number of allylic oxidation sites excluding steroid dienone is 1. The van der Waals surface area contributed by atoms with Gasteiger partial charge in [0.05, 0.1) is 5.57 Å². The third kappa shape index (κ3) is 4.32. The van der Waals surface area contributed by atoms with Gasteiger partial charge in [-0.25, -0.2) is 0 Å². The van der Waals surface area contributed by atoms with Crippen molar-refractivity contribution in [2.75, 3.05) is 0 Å². The third-order valence-corrected chi connectivity index (χ3v) is 4.70. The fraction of sp³-hybridized carbons (Fsp3) is 0. The monoisotopic (exact) mass is 372 g/mol. The Hall–Kier alpha value is -3.93. The molecule has 0 aliphatic carbocycles. The van der Waals surface area contributed by atoms with Crippen LogP contribution in [-0.2, 0) is 0 Å². The first-order chi connectivity index (χ1) is 14.3. The molecule has 0 unspecified atom stereocenters. The molecule has 1 heteroatoms. The van der Waals surface area contributed by atoms with Crippen molar-refractivity contribution in [2.24, 2.45) is 0 Å². The summed E-state index contributed by atoms with van der Waals surface area (Å²) in [6.45, 7) is 0. The standard InChI is InChI=1S/C28H20O/c29-28(25-19-11-4-12-20-25)27(24-17-9-3-10-18-24)21-26(22-13-5-1-6-14-22)23-15-7-2-8-16-23/h1-20H. The zero-order chi connectivity index (χ0) is 19.9. The van der Waals surface area contributed by atoms with E-state index in [1.165, 1.54) is 0 Å². The maximum Gasteiger partial charge on any atom is 0.201 e. The normalized spacial score (nSPS) is 10.1. The Labute approximate surface area is 171 Å². The number of hydrogen-bond donors (Lipinski definition) is 0. The molecule has 0 saturated heterocycles. The van der Waals surface area contributed by atoms with Crippen molar-refractivity contribution in [1.29, 1.82) is 0 Å². The fourth-order valence-electron chi connectivity index (χ4n) is 3.24. The van der Waals surface area contributed by atoms with Gasteiger partial charge in [-0.05, 0) is 16.7 Å². The summed E-state index contributed by atoms with van der Waals surface area (Å²) in [5, 5.41) is 0. The number of benzene rings is 4. The van der Waals surface area contributed by atoms with E-state index in [-0.39, 0.29) is 5.78 Å². The van der Waals surface area contributed by atoms with E-state index in [2.05, 4.69) is 5.73 Å². The lowest BCUT2D eigenvalue weighted by Crippen LogP contribution is -2.02. The Morgan fingerprint density at radius 2 is 0.793 bits per heavy atom. The summed E-state index contributed by atoms with van der Waals surface area (Å²) >= 11 is 0. The lowest BCUT2D eigenvalue weighted by Gasteiger charge is -2.09. The van der Waals surface area contributed by atoms with Crippen LogP contribution in [0.1, 0.15) is 27.0 Å². The number of carbonyl (C=O) groups is 1. The van der Waals surface area contributed by atoms with Crippen LogP contribution in [-0.4, -0.2) is 5.78 Å². The molecule has 0 saturated carbocycles. The SMILES string of the molecule is O=C(C(=C=C(c1ccccc1)c1ccccc1)c1ccccc1)c1ccccc1. The summed E-state index contributed by atoms with van der Waals surface area (Å²) in [6, 6.07) is 39.3. The van der Waals surface area contributed by atoms with Gasteiger partial charge in [0.15, 0.2) is 0 Å². The zero-order valence-corrected chi connectivity index (χ0v) is 16.0. The van der Waals surface area contributed by atoms with Crippen molar-refractivity contribution in [2.45, 2.75) is 0 Å². The highest BCUT2D eigenvalue weighted by Crippen LogP contribution is 2.26. The van der Waals surface area contributed by atoms with Crippen molar-refractivity contribution >= 4 is 16.9 Å². The molecule has 0 amide bonds. The van der Waals surface area contributed by atoms with E-state index in [1.54, 1.807) is 0 Å². The topological polar surface area (TPSA) is 17.1 Å². The summed E-state index contributed by atoms with van der Waals surface area (Å²) in [5.41, 5.74) is 8.48. The first-order valence-corrected chi connectivity index (χ1v) is 9.60. The fourth-order valence-corrected chi connectivity index (χ4v) is 3.24. The van der Waals surface area contributed by atoms with Gasteiger partial charge < -0.3 is 0 Å². The van der Waals surface area contributed by atoms with Gasteiger partial charge in [0, 0.05) is 11.1 Å². The molecule has 0 spiro atoms. The lowest BCUT2D eigenvalue weighted by atomic mass is 9.93. The first-order valence-electron chi connectivity index (χ1n) is 9.60. The summed E-state index contributed by atoms with van der Waals surface area (Å²) in [4.78, 5) is 13.4. The van der Waals surface area contributed by atoms with Crippen LogP contribution in [0.25, 0.3) is 11.1 Å². The highest BCUT2D eigenvalue weighted by molar-refractivity contribution is 6.29. The minimum Gasteiger partial charge on any atom is -0.288 e. The van der Waals surface area contributed by atoms with Gasteiger partial charge in [0.2, 0.25) is 5.78 Å². The van der Waals surface area contributed by atoms with Gasteiger partial charge in [0.25, 0.3) is 0 Å². The van der Waals surface area contributed by atoms with Crippen LogP contribution >= 0.6 is 0 Å². The van der Waals surface area contributed by atoms with Crippen LogP contribution in [0.5, 0.6) is 0 Å². The molecule has 4 aromatic carbocycles. The van der Waals surface area contributed by atoms with E-state index < -0.39 is 0 Å².